The summed E-state index contributed by atoms with van der Waals surface area (Å²) in [7, 11) is 0. The van der Waals surface area contributed by atoms with Crippen molar-refractivity contribution in [1.29, 1.82) is 0 Å². The van der Waals surface area contributed by atoms with Gasteiger partial charge in [0.1, 0.15) is 0 Å². The maximum absolute atomic E-state index is 12.7. The van der Waals surface area contributed by atoms with Gasteiger partial charge in [-0.05, 0) is 49.9 Å². The highest BCUT2D eigenvalue weighted by molar-refractivity contribution is 6.09. The lowest BCUT2D eigenvalue weighted by atomic mass is 9.88. The quantitative estimate of drug-likeness (QED) is 0.575. The molecular formula is C25H31NO. The molecule has 2 aromatic carbocycles. The lowest BCUT2D eigenvalue weighted by molar-refractivity contribution is 0.103. The van der Waals surface area contributed by atoms with Crippen molar-refractivity contribution in [2.75, 3.05) is 4.90 Å². The number of nitrogens with zero attached hydrogens (tertiary/aromatic N) is 1. The molecule has 0 aliphatic heterocycles. The van der Waals surface area contributed by atoms with Crippen molar-refractivity contribution >= 4 is 11.5 Å². The number of ketones is 1. The van der Waals surface area contributed by atoms with E-state index in [-0.39, 0.29) is 5.78 Å². The summed E-state index contributed by atoms with van der Waals surface area (Å²) in [5.74, 6) is 0.115. The van der Waals surface area contributed by atoms with Crippen LogP contribution in [0.15, 0.2) is 54.6 Å². The first-order valence-corrected chi connectivity index (χ1v) is 10.8. The first kappa shape index (κ1) is 18.3. The van der Waals surface area contributed by atoms with Gasteiger partial charge in [-0.15, -0.1) is 0 Å². The van der Waals surface area contributed by atoms with E-state index in [0.29, 0.717) is 12.1 Å². The van der Waals surface area contributed by atoms with E-state index in [1.54, 1.807) is 0 Å². The Kier molecular flexibility index (Phi) is 5.91. The number of carbonyl (C=O) groups is 1. The Labute approximate surface area is 163 Å². The summed E-state index contributed by atoms with van der Waals surface area (Å²) in [6, 6.07) is 19.4. The van der Waals surface area contributed by atoms with Crippen LogP contribution in [0.3, 0.4) is 0 Å². The van der Waals surface area contributed by atoms with Gasteiger partial charge in [0.05, 0.1) is 0 Å². The van der Waals surface area contributed by atoms with Crippen LogP contribution in [0, 0.1) is 0 Å². The van der Waals surface area contributed by atoms with Gasteiger partial charge in [0.2, 0.25) is 0 Å². The molecule has 2 heteroatoms. The van der Waals surface area contributed by atoms with Gasteiger partial charge >= 0.3 is 0 Å². The third-order valence-corrected chi connectivity index (χ3v) is 6.40. The second kappa shape index (κ2) is 8.73. The fourth-order valence-corrected chi connectivity index (χ4v) is 4.98. The summed E-state index contributed by atoms with van der Waals surface area (Å²) in [5, 5.41) is 0. The average Bonchev–Trinajstić information content (AvgIpc) is 2.76. The van der Waals surface area contributed by atoms with E-state index < -0.39 is 0 Å². The van der Waals surface area contributed by atoms with Gasteiger partial charge < -0.3 is 4.90 Å². The second-order valence-electron chi connectivity index (χ2n) is 8.23. The number of hydrogen-bond acceptors (Lipinski definition) is 2. The van der Waals surface area contributed by atoms with Crippen molar-refractivity contribution in [3.05, 3.63) is 65.7 Å². The van der Waals surface area contributed by atoms with Gasteiger partial charge in [0.15, 0.2) is 5.78 Å². The molecule has 2 aliphatic carbocycles. The molecule has 0 saturated heterocycles. The highest BCUT2D eigenvalue weighted by Gasteiger charge is 2.29. The Morgan fingerprint density at radius 1 is 0.630 bits per heavy atom. The van der Waals surface area contributed by atoms with Crippen LogP contribution in [-0.2, 0) is 0 Å². The van der Waals surface area contributed by atoms with E-state index >= 15 is 0 Å². The monoisotopic (exact) mass is 361 g/mol. The molecular weight excluding hydrogens is 330 g/mol. The van der Waals surface area contributed by atoms with Crippen molar-refractivity contribution in [2.24, 2.45) is 0 Å². The fraction of sp³-hybridized carbons (Fsp3) is 0.480. The van der Waals surface area contributed by atoms with E-state index in [4.69, 9.17) is 0 Å². The summed E-state index contributed by atoms with van der Waals surface area (Å²) in [6.45, 7) is 0. The van der Waals surface area contributed by atoms with Crippen LogP contribution in [-0.4, -0.2) is 17.9 Å². The van der Waals surface area contributed by atoms with Crippen LogP contribution in [0.2, 0.25) is 0 Å². The molecule has 0 amide bonds. The molecule has 2 aromatic rings. The van der Waals surface area contributed by atoms with Gasteiger partial charge in [-0.3, -0.25) is 4.79 Å². The minimum atomic E-state index is 0.115. The Hall–Kier alpha value is -2.09. The first-order valence-electron chi connectivity index (χ1n) is 10.8. The molecule has 0 atom stereocenters. The van der Waals surface area contributed by atoms with E-state index in [9.17, 15) is 4.79 Å². The van der Waals surface area contributed by atoms with E-state index in [1.807, 2.05) is 42.5 Å². The van der Waals surface area contributed by atoms with Crippen molar-refractivity contribution in [1.82, 2.24) is 0 Å². The molecule has 0 N–H and O–H groups in total. The fourth-order valence-electron chi connectivity index (χ4n) is 4.98. The number of hydrogen-bond donors (Lipinski definition) is 0. The van der Waals surface area contributed by atoms with Gasteiger partial charge in [-0.25, -0.2) is 0 Å². The zero-order valence-corrected chi connectivity index (χ0v) is 16.3. The highest BCUT2D eigenvalue weighted by atomic mass is 16.1. The first-order chi connectivity index (χ1) is 13.3. The summed E-state index contributed by atoms with van der Waals surface area (Å²) < 4.78 is 0. The molecule has 0 aromatic heterocycles. The maximum Gasteiger partial charge on any atom is 0.193 e. The van der Waals surface area contributed by atoms with Gasteiger partial charge in [0.25, 0.3) is 0 Å². The summed E-state index contributed by atoms with van der Waals surface area (Å²) in [4.78, 5) is 15.4. The summed E-state index contributed by atoms with van der Waals surface area (Å²) in [6.07, 6.45) is 13.5. The molecule has 2 saturated carbocycles. The van der Waals surface area contributed by atoms with Crippen molar-refractivity contribution in [3.8, 4) is 0 Å². The number of rotatable bonds is 5. The lowest BCUT2D eigenvalue weighted by Crippen LogP contribution is -2.45. The molecule has 2 aliphatic rings. The van der Waals surface area contributed by atoms with Crippen LogP contribution in [0.4, 0.5) is 5.69 Å². The molecule has 142 valence electrons. The van der Waals surface area contributed by atoms with E-state index in [1.165, 1.54) is 69.9 Å². The molecule has 27 heavy (non-hydrogen) atoms. The minimum absolute atomic E-state index is 0.115. The zero-order chi connectivity index (χ0) is 18.5. The Morgan fingerprint density at radius 3 is 1.63 bits per heavy atom. The van der Waals surface area contributed by atoms with Crippen LogP contribution >= 0.6 is 0 Å². The number of benzene rings is 2. The number of anilines is 1. The average molecular weight is 362 g/mol. The van der Waals surface area contributed by atoms with Crippen LogP contribution < -0.4 is 4.90 Å². The third-order valence-electron chi connectivity index (χ3n) is 6.40. The lowest BCUT2D eigenvalue weighted by Gasteiger charge is -2.43. The Bertz CT molecular complexity index is 707. The van der Waals surface area contributed by atoms with Crippen molar-refractivity contribution in [2.45, 2.75) is 76.3 Å². The van der Waals surface area contributed by atoms with E-state index in [0.717, 1.165) is 11.1 Å². The molecule has 2 nitrogen and oxygen atoms in total. The highest BCUT2D eigenvalue weighted by Crippen LogP contribution is 2.34. The molecule has 0 radical (unpaired) electrons. The standard InChI is InChI=1S/C25H31NO/c27-25(20-10-4-1-5-11-20)21-16-18-24(19-17-21)26(22-12-6-2-7-13-22)23-14-8-3-9-15-23/h1,4-5,10-11,16-19,22-23H,2-3,6-9,12-15H2. The SMILES string of the molecule is O=C(c1ccccc1)c1ccc(N(C2CCCCC2)C2CCCCC2)cc1. The van der Waals surface area contributed by atoms with Gasteiger partial charge in [0, 0.05) is 28.9 Å². The van der Waals surface area contributed by atoms with Gasteiger partial charge in [-0.1, -0.05) is 68.9 Å². The molecule has 0 heterocycles. The Balaban J connectivity index is 1.57. The smallest absolute Gasteiger partial charge is 0.193 e. The van der Waals surface area contributed by atoms with Crippen LogP contribution in [0.1, 0.15) is 80.1 Å². The van der Waals surface area contributed by atoms with Crippen LogP contribution in [0.25, 0.3) is 0 Å². The predicted octanol–water partition coefficient (Wildman–Crippen LogP) is 6.39. The van der Waals surface area contributed by atoms with Crippen LogP contribution in [0.5, 0.6) is 0 Å². The molecule has 2 fully saturated rings. The molecule has 0 unspecified atom stereocenters. The Morgan fingerprint density at radius 2 is 1.11 bits per heavy atom. The van der Waals surface area contributed by atoms with Crippen molar-refractivity contribution in [3.63, 3.8) is 0 Å². The predicted molar refractivity (Wildman–Crippen MR) is 113 cm³/mol. The van der Waals surface area contributed by atoms with Gasteiger partial charge in [-0.2, -0.15) is 0 Å². The second-order valence-corrected chi connectivity index (χ2v) is 8.23. The minimum Gasteiger partial charge on any atom is -0.366 e. The largest absolute Gasteiger partial charge is 0.366 e. The van der Waals surface area contributed by atoms with Crippen molar-refractivity contribution < 1.29 is 4.79 Å². The summed E-state index contributed by atoms with van der Waals surface area (Å²) in [5.41, 5.74) is 2.87. The third kappa shape index (κ3) is 4.26. The maximum atomic E-state index is 12.7. The zero-order valence-electron chi connectivity index (χ0n) is 16.3. The summed E-state index contributed by atoms with van der Waals surface area (Å²) >= 11 is 0. The molecule has 0 bridgehead atoms. The molecule has 4 rings (SSSR count). The normalized spacial score (nSPS) is 19.0. The molecule has 0 spiro atoms. The number of carbonyl (C=O) groups excluding carboxylic acids is 1. The van der Waals surface area contributed by atoms with E-state index in [2.05, 4.69) is 17.0 Å². The topological polar surface area (TPSA) is 20.3 Å².